The summed E-state index contributed by atoms with van der Waals surface area (Å²) in [6.07, 6.45) is 3.29. The molecule has 2 aromatic carbocycles. The second-order valence-electron chi connectivity index (χ2n) is 6.65. The van der Waals surface area contributed by atoms with Crippen LogP contribution in [0.25, 0.3) is 0 Å². The summed E-state index contributed by atoms with van der Waals surface area (Å²) < 4.78 is 31.2. The standard InChI is InChI=1S/C20H24N2O4S/c1-27(24,25)22(18-6-3-2-4-7-18)15-16-9-11-17(12-10-16)20(23)21-14-19-8-5-13-26-19/h2-4,6-7,9-12,19H,5,8,13-15H2,1H3,(H,21,23). The number of para-hydroxylation sites is 1. The molecule has 1 fully saturated rings. The number of hydrogen-bond donors (Lipinski definition) is 1. The molecule has 1 aliphatic rings. The maximum absolute atomic E-state index is 12.2. The lowest BCUT2D eigenvalue weighted by molar-refractivity contribution is 0.0858. The highest BCUT2D eigenvalue weighted by Crippen LogP contribution is 2.20. The minimum Gasteiger partial charge on any atom is -0.376 e. The Labute approximate surface area is 160 Å². The van der Waals surface area contributed by atoms with Crippen LogP contribution in [0.15, 0.2) is 54.6 Å². The fraction of sp³-hybridized carbons (Fsp3) is 0.350. The van der Waals surface area contributed by atoms with Crippen molar-refractivity contribution in [2.45, 2.75) is 25.5 Å². The van der Waals surface area contributed by atoms with Crippen LogP contribution in [0.2, 0.25) is 0 Å². The minimum atomic E-state index is -3.42. The summed E-state index contributed by atoms with van der Waals surface area (Å²) in [5, 5.41) is 2.88. The van der Waals surface area contributed by atoms with Crippen LogP contribution in [0.4, 0.5) is 5.69 Å². The zero-order chi connectivity index (χ0) is 19.3. The van der Waals surface area contributed by atoms with Crippen LogP contribution in [-0.4, -0.2) is 39.8 Å². The third kappa shape index (κ3) is 5.30. The molecule has 0 aliphatic carbocycles. The van der Waals surface area contributed by atoms with Gasteiger partial charge in [-0.25, -0.2) is 8.42 Å². The van der Waals surface area contributed by atoms with Crippen molar-refractivity contribution in [2.75, 3.05) is 23.7 Å². The zero-order valence-electron chi connectivity index (χ0n) is 15.3. The molecule has 1 unspecified atom stereocenters. The molecule has 0 aromatic heterocycles. The zero-order valence-corrected chi connectivity index (χ0v) is 16.1. The first kappa shape index (κ1) is 19.4. The molecule has 27 heavy (non-hydrogen) atoms. The number of amides is 1. The van der Waals surface area contributed by atoms with E-state index in [1.54, 1.807) is 48.5 Å². The van der Waals surface area contributed by atoms with Crippen LogP contribution >= 0.6 is 0 Å². The lowest BCUT2D eigenvalue weighted by Gasteiger charge is -2.22. The third-order valence-corrected chi connectivity index (χ3v) is 5.64. The van der Waals surface area contributed by atoms with E-state index in [4.69, 9.17) is 4.74 Å². The molecule has 0 radical (unpaired) electrons. The first-order valence-electron chi connectivity index (χ1n) is 8.95. The van der Waals surface area contributed by atoms with Crippen LogP contribution in [0.5, 0.6) is 0 Å². The SMILES string of the molecule is CS(=O)(=O)N(Cc1ccc(C(=O)NCC2CCCO2)cc1)c1ccccc1. The van der Waals surface area contributed by atoms with Crippen molar-refractivity contribution in [1.82, 2.24) is 5.32 Å². The van der Waals surface area contributed by atoms with Gasteiger partial charge in [0.1, 0.15) is 0 Å². The van der Waals surface area contributed by atoms with Crippen molar-refractivity contribution in [3.63, 3.8) is 0 Å². The number of sulfonamides is 1. The van der Waals surface area contributed by atoms with Crippen molar-refractivity contribution in [2.24, 2.45) is 0 Å². The van der Waals surface area contributed by atoms with Crippen LogP contribution in [-0.2, 0) is 21.3 Å². The molecule has 0 bridgehead atoms. The molecule has 1 aliphatic heterocycles. The number of carbonyl (C=O) groups excluding carboxylic acids is 1. The predicted octanol–water partition coefficient (Wildman–Crippen LogP) is 2.56. The van der Waals surface area contributed by atoms with Crippen molar-refractivity contribution in [3.05, 3.63) is 65.7 Å². The van der Waals surface area contributed by atoms with E-state index in [2.05, 4.69) is 5.32 Å². The third-order valence-electron chi connectivity index (χ3n) is 4.50. The second-order valence-corrected chi connectivity index (χ2v) is 8.55. The lowest BCUT2D eigenvalue weighted by atomic mass is 10.1. The summed E-state index contributed by atoms with van der Waals surface area (Å²) in [6, 6.07) is 15.9. The Morgan fingerprint density at radius 1 is 1.15 bits per heavy atom. The van der Waals surface area contributed by atoms with Gasteiger partial charge in [-0.2, -0.15) is 0 Å². The molecule has 1 heterocycles. The topological polar surface area (TPSA) is 75.7 Å². The number of hydrogen-bond acceptors (Lipinski definition) is 4. The van der Waals surface area contributed by atoms with Gasteiger partial charge in [-0.3, -0.25) is 9.10 Å². The highest BCUT2D eigenvalue weighted by molar-refractivity contribution is 7.92. The van der Waals surface area contributed by atoms with Gasteiger partial charge in [0.2, 0.25) is 10.0 Å². The molecular weight excluding hydrogens is 364 g/mol. The first-order valence-corrected chi connectivity index (χ1v) is 10.8. The van der Waals surface area contributed by atoms with E-state index < -0.39 is 10.0 Å². The van der Waals surface area contributed by atoms with E-state index in [1.165, 1.54) is 10.6 Å². The second kappa shape index (κ2) is 8.54. The largest absolute Gasteiger partial charge is 0.376 e. The van der Waals surface area contributed by atoms with E-state index >= 15 is 0 Å². The number of nitrogens with one attached hydrogen (secondary N) is 1. The molecule has 0 spiro atoms. The number of rotatable bonds is 7. The Balaban J connectivity index is 1.66. The molecule has 1 N–H and O–H groups in total. The van der Waals surface area contributed by atoms with Gasteiger partial charge in [0.05, 0.1) is 24.6 Å². The minimum absolute atomic E-state index is 0.0995. The molecule has 1 amide bonds. The van der Waals surface area contributed by atoms with Gasteiger partial charge in [0.15, 0.2) is 0 Å². The maximum atomic E-state index is 12.2. The van der Waals surface area contributed by atoms with Gasteiger partial charge in [0, 0.05) is 18.7 Å². The molecule has 0 saturated carbocycles. The van der Waals surface area contributed by atoms with Gasteiger partial charge in [-0.1, -0.05) is 30.3 Å². The Bertz CT molecular complexity index is 861. The van der Waals surface area contributed by atoms with Crippen LogP contribution in [0.3, 0.4) is 0 Å². The van der Waals surface area contributed by atoms with Crippen molar-refractivity contribution in [1.29, 1.82) is 0 Å². The van der Waals surface area contributed by atoms with Crippen molar-refractivity contribution < 1.29 is 17.9 Å². The van der Waals surface area contributed by atoms with E-state index in [9.17, 15) is 13.2 Å². The molecule has 6 nitrogen and oxygen atoms in total. The van der Waals surface area contributed by atoms with Crippen LogP contribution < -0.4 is 9.62 Å². The summed E-state index contributed by atoms with van der Waals surface area (Å²) in [5.41, 5.74) is 1.96. The van der Waals surface area contributed by atoms with E-state index in [0.29, 0.717) is 17.8 Å². The molecule has 1 atom stereocenters. The van der Waals surface area contributed by atoms with Gasteiger partial charge >= 0.3 is 0 Å². The van der Waals surface area contributed by atoms with Gasteiger partial charge in [0.25, 0.3) is 5.91 Å². The molecule has 7 heteroatoms. The first-order chi connectivity index (χ1) is 12.9. The highest BCUT2D eigenvalue weighted by atomic mass is 32.2. The molecule has 2 aromatic rings. The quantitative estimate of drug-likeness (QED) is 0.791. The maximum Gasteiger partial charge on any atom is 0.251 e. The Morgan fingerprint density at radius 3 is 2.44 bits per heavy atom. The Hall–Kier alpha value is -2.38. The summed E-state index contributed by atoms with van der Waals surface area (Å²) >= 11 is 0. The highest BCUT2D eigenvalue weighted by Gasteiger charge is 2.19. The average molecular weight is 388 g/mol. The van der Waals surface area contributed by atoms with Gasteiger partial charge in [-0.05, 0) is 42.7 Å². The van der Waals surface area contributed by atoms with Crippen molar-refractivity contribution in [3.8, 4) is 0 Å². The van der Waals surface area contributed by atoms with Crippen LogP contribution in [0, 0.1) is 0 Å². The fourth-order valence-electron chi connectivity index (χ4n) is 3.04. The molecule has 3 rings (SSSR count). The van der Waals surface area contributed by atoms with E-state index in [-0.39, 0.29) is 18.6 Å². The molecule has 144 valence electrons. The summed E-state index contributed by atoms with van der Waals surface area (Å²) in [5.74, 6) is -0.153. The number of anilines is 1. The fourth-order valence-corrected chi connectivity index (χ4v) is 3.92. The van der Waals surface area contributed by atoms with E-state index in [1.807, 2.05) is 6.07 Å². The van der Waals surface area contributed by atoms with Crippen LogP contribution in [0.1, 0.15) is 28.8 Å². The lowest BCUT2D eigenvalue weighted by Crippen LogP contribution is -2.31. The summed E-state index contributed by atoms with van der Waals surface area (Å²) in [7, 11) is -3.42. The van der Waals surface area contributed by atoms with E-state index in [0.717, 1.165) is 25.0 Å². The number of benzene rings is 2. The van der Waals surface area contributed by atoms with Crippen molar-refractivity contribution >= 4 is 21.6 Å². The molecule has 1 saturated heterocycles. The van der Waals surface area contributed by atoms with Gasteiger partial charge < -0.3 is 10.1 Å². The normalized spacial score (nSPS) is 16.9. The number of nitrogens with zero attached hydrogens (tertiary/aromatic N) is 1. The predicted molar refractivity (Wildman–Crippen MR) is 105 cm³/mol. The molecular formula is C20H24N2O4S. The Kier molecular flexibility index (Phi) is 6.13. The van der Waals surface area contributed by atoms with Gasteiger partial charge in [-0.15, -0.1) is 0 Å². The average Bonchev–Trinajstić information content (AvgIpc) is 3.18. The smallest absolute Gasteiger partial charge is 0.251 e. The number of ether oxygens (including phenoxy) is 1. The monoisotopic (exact) mass is 388 g/mol. The summed E-state index contributed by atoms with van der Waals surface area (Å²) in [6.45, 7) is 1.48. The Morgan fingerprint density at radius 2 is 1.85 bits per heavy atom. The summed E-state index contributed by atoms with van der Waals surface area (Å²) in [4.78, 5) is 12.2. The number of carbonyl (C=O) groups is 1.